The van der Waals surface area contributed by atoms with Crippen molar-refractivity contribution in [1.29, 1.82) is 0 Å². The van der Waals surface area contributed by atoms with E-state index < -0.39 is 11.6 Å². The average molecular weight is 357 g/mol. The summed E-state index contributed by atoms with van der Waals surface area (Å²) in [6, 6.07) is 10.8. The highest BCUT2D eigenvalue weighted by Crippen LogP contribution is 2.22. The Kier molecular flexibility index (Phi) is 5.65. The summed E-state index contributed by atoms with van der Waals surface area (Å²) >= 11 is 0. The van der Waals surface area contributed by atoms with E-state index in [4.69, 9.17) is 0 Å². The van der Waals surface area contributed by atoms with E-state index in [1.54, 1.807) is 44.4 Å². The highest BCUT2D eigenvalue weighted by atomic mass is 19.1. The lowest BCUT2D eigenvalue weighted by Crippen LogP contribution is -2.43. The zero-order chi connectivity index (χ0) is 19.5. The van der Waals surface area contributed by atoms with E-state index in [1.165, 1.54) is 17.0 Å². The molecule has 0 heterocycles. The smallest absolute Gasteiger partial charge is 0.319 e. The number of urea groups is 1. The summed E-state index contributed by atoms with van der Waals surface area (Å²) in [5, 5.41) is 5.66. The summed E-state index contributed by atoms with van der Waals surface area (Å²) in [6.45, 7) is 5.52. The highest BCUT2D eigenvalue weighted by molar-refractivity contribution is 5.97. The molecule has 2 rings (SSSR count). The van der Waals surface area contributed by atoms with Crippen molar-refractivity contribution in [2.75, 3.05) is 19.4 Å². The van der Waals surface area contributed by atoms with Gasteiger partial charge in [-0.25, -0.2) is 9.18 Å². The van der Waals surface area contributed by atoms with Crippen molar-refractivity contribution < 1.29 is 14.0 Å². The van der Waals surface area contributed by atoms with Crippen LogP contribution < -0.4 is 10.6 Å². The Morgan fingerprint density at radius 3 is 2.23 bits per heavy atom. The number of carbonyl (C=O) groups excluding carboxylic acids is 2. The second kappa shape index (κ2) is 7.56. The van der Waals surface area contributed by atoms with Crippen molar-refractivity contribution in [3.05, 3.63) is 65.0 Å². The summed E-state index contributed by atoms with van der Waals surface area (Å²) in [5.74, 6) is -0.466. The first-order valence-corrected chi connectivity index (χ1v) is 8.27. The number of nitrogens with one attached hydrogen (secondary N) is 2. The Morgan fingerprint density at radius 1 is 1.04 bits per heavy atom. The predicted octanol–water partition coefficient (Wildman–Crippen LogP) is 3.89. The zero-order valence-electron chi connectivity index (χ0n) is 15.7. The molecule has 3 amide bonds. The third-order valence-corrected chi connectivity index (χ3v) is 4.13. The van der Waals surface area contributed by atoms with E-state index in [0.717, 1.165) is 11.1 Å². The number of hydrogen-bond acceptors (Lipinski definition) is 2. The van der Waals surface area contributed by atoms with Gasteiger partial charge in [0.15, 0.2) is 0 Å². The lowest BCUT2D eigenvalue weighted by atomic mass is 9.94. The van der Waals surface area contributed by atoms with Crippen LogP contribution in [0, 0.1) is 12.7 Å². The Labute approximate surface area is 153 Å². The van der Waals surface area contributed by atoms with Crippen LogP contribution in [-0.2, 0) is 5.54 Å². The molecule has 0 aliphatic rings. The molecular weight excluding hydrogens is 333 g/mol. The molecule has 6 heteroatoms. The number of benzene rings is 2. The van der Waals surface area contributed by atoms with Crippen LogP contribution in [0.25, 0.3) is 0 Å². The monoisotopic (exact) mass is 357 g/mol. The number of amides is 3. The van der Waals surface area contributed by atoms with Gasteiger partial charge in [0.2, 0.25) is 0 Å². The van der Waals surface area contributed by atoms with Gasteiger partial charge in [0, 0.05) is 25.3 Å². The minimum atomic E-state index is -0.692. The van der Waals surface area contributed by atoms with Gasteiger partial charge in [0.25, 0.3) is 5.91 Å². The summed E-state index contributed by atoms with van der Waals surface area (Å²) in [4.78, 5) is 26.0. The molecule has 0 atom stereocenters. The van der Waals surface area contributed by atoms with E-state index in [9.17, 15) is 14.0 Å². The Bertz CT molecular complexity index is 814. The molecule has 2 aromatic rings. The summed E-state index contributed by atoms with van der Waals surface area (Å²) in [5.41, 5.74) is 1.99. The predicted molar refractivity (Wildman–Crippen MR) is 101 cm³/mol. The Hall–Kier alpha value is -2.89. The van der Waals surface area contributed by atoms with Gasteiger partial charge in [-0.1, -0.05) is 18.2 Å². The van der Waals surface area contributed by atoms with E-state index in [-0.39, 0.29) is 11.7 Å². The number of halogens is 1. The molecule has 0 aromatic heterocycles. The Balaban J connectivity index is 2.15. The van der Waals surface area contributed by atoms with Crippen LogP contribution in [0.1, 0.15) is 35.3 Å². The van der Waals surface area contributed by atoms with Crippen LogP contribution in [0.2, 0.25) is 0 Å². The van der Waals surface area contributed by atoms with Crippen LogP contribution in [0.4, 0.5) is 14.9 Å². The number of nitrogens with zero attached hydrogens (tertiary/aromatic N) is 1. The first-order valence-electron chi connectivity index (χ1n) is 8.27. The van der Waals surface area contributed by atoms with Gasteiger partial charge in [0.1, 0.15) is 5.82 Å². The third-order valence-electron chi connectivity index (χ3n) is 4.13. The molecular formula is C20H24FN3O2. The summed E-state index contributed by atoms with van der Waals surface area (Å²) in [7, 11) is 3.35. The van der Waals surface area contributed by atoms with Gasteiger partial charge >= 0.3 is 6.03 Å². The molecule has 0 saturated carbocycles. The quantitative estimate of drug-likeness (QED) is 0.872. The largest absolute Gasteiger partial charge is 0.345 e. The van der Waals surface area contributed by atoms with Crippen LogP contribution in [0.3, 0.4) is 0 Å². The lowest BCUT2D eigenvalue weighted by Gasteiger charge is -2.27. The SMILES string of the molecule is Cc1ccc(C(=O)N(C)C)cc1NC(=O)NC(C)(C)c1ccc(F)cc1. The van der Waals surface area contributed by atoms with Crippen molar-refractivity contribution in [1.82, 2.24) is 10.2 Å². The van der Waals surface area contributed by atoms with E-state index in [2.05, 4.69) is 10.6 Å². The van der Waals surface area contributed by atoms with Gasteiger partial charge in [-0.3, -0.25) is 4.79 Å². The topological polar surface area (TPSA) is 61.4 Å². The molecule has 2 N–H and O–H groups in total. The molecule has 0 aliphatic heterocycles. The Morgan fingerprint density at radius 2 is 1.65 bits per heavy atom. The molecule has 26 heavy (non-hydrogen) atoms. The van der Waals surface area contributed by atoms with Gasteiger partial charge in [-0.05, 0) is 56.2 Å². The molecule has 0 spiro atoms. The molecule has 2 aromatic carbocycles. The number of carbonyl (C=O) groups is 2. The minimum Gasteiger partial charge on any atom is -0.345 e. The molecule has 0 unspecified atom stereocenters. The van der Waals surface area contributed by atoms with Crippen LogP contribution in [-0.4, -0.2) is 30.9 Å². The fourth-order valence-electron chi connectivity index (χ4n) is 2.52. The average Bonchev–Trinajstić information content (AvgIpc) is 2.56. The van der Waals surface area contributed by atoms with Gasteiger partial charge in [-0.2, -0.15) is 0 Å². The molecule has 0 saturated heterocycles. The summed E-state index contributed by atoms with van der Waals surface area (Å²) in [6.07, 6.45) is 0. The third kappa shape index (κ3) is 4.59. The zero-order valence-corrected chi connectivity index (χ0v) is 15.7. The fourth-order valence-corrected chi connectivity index (χ4v) is 2.52. The second-order valence-electron chi connectivity index (χ2n) is 6.94. The second-order valence-corrected chi connectivity index (χ2v) is 6.94. The molecule has 0 radical (unpaired) electrons. The number of hydrogen-bond donors (Lipinski definition) is 2. The standard InChI is InChI=1S/C20H24FN3O2/c1-13-6-7-14(18(25)24(4)5)12-17(13)22-19(26)23-20(2,3)15-8-10-16(21)11-9-15/h6-12H,1-5H3,(H2,22,23,26). The van der Waals surface area contributed by atoms with Gasteiger partial charge < -0.3 is 15.5 Å². The van der Waals surface area contributed by atoms with Crippen molar-refractivity contribution >= 4 is 17.6 Å². The number of anilines is 1. The first-order chi connectivity index (χ1) is 12.1. The lowest BCUT2D eigenvalue weighted by molar-refractivity contribution is 0.0827. The maximum Gasteiger partial charge on any atom is 0.319 e. The number of rotatable bonds is 4. The van der Waals surface area contributed by atoms with E-state index in [0.29, 0.717) is 11.3 Å². The maximum atomic E-state index is 13.1. The minimum absolute atomic E-state index is 0.139. The van der Waals surface area contributed by atoms with Crippen LogP contribution in [0.5, 0.6) is 0 Å². The van der Waals surface area contributed by atoms with E-state index >= 15 is 0 Å². The summed E-state index contributed by atoms with van der Waals surface area (Å²) < 4.78 is 13.1. The molecule has 138 valence electrons. The normalized spacial score (nSPS) is 11.0. The maximum absolute atomic E-state index is 13.1. The first kappa shape index (κ1) is 19.4. The molecule has 0 aliphatic carbocycles. The van der Waals surface area contributed by atoms with Crippen molar-refractivity contribution in [3.8, 4) is 0 Å². The van der Waals surface area contributed by atoms with Crippen LogP contribution >= 0.6 is 0 Å². The van der Waals surface area contributed by atoms with Crippen molar-refractivity contribution in [2.45, 2.75) is 26.3 Å². The van der Waals surface area contributed by atoms with Crippen LogP contribution in [0.15, 0.2) is 42.5 Å². The molecule has 0 bridgehead atoms. The molecule has 0 fully saturated rings. The highest BCUT2D eigenvalue weighted by Gasteiger charge is 2.23. The number of aryl methyl sites for hydroxylation is 1. The van der Waals surface area contributed by atoms with Crippen molar-refractivity contribution in [3.63, 3.8) is 0 Å². The van der Waals surface area contributed by atoms with Gasteiger partial charge in [-0.15, -0.1) is 0 Å². The molecule has 5 nitrogen and oxygen atoms in total. The van der Waals surface area contributed by atoms with Gasteiger partial charge in [0.05, 0.1) is 5.54 Å². The van der Waals surface area contributed by atoms with E-state index in [1.807, 2.05) is 20.8 Å². The van der Waals surface area contributed by atoms with Crippen molar-refractivity contribution in [2.24, 2.45) is 0 Å². The fraction of sp³-hybridized carbons (Fsp3) is 0.300.